The maximum atomic E-state index is 12.0. The van der Waals surface area contributed by atoms with Crippen LogP contribution in [0.15, 0.2) is 39.3 Å². The predicted octanol–water partition coefficient (Wildman–Crippen LogP) is 3.98. The molecule has 2 aromatic carbocycles. The molecule has 25 heavy (non-hydrogen) atoms. The van der Waals surface area contributed by atoms with Gasteiger partial charge in [0.25, 0.3) is 11.8 Å². The number of carbonyl (C=O) groups is 2. The molecule has 2 N–H and O–H groups in total. The second kappa shape index (κ2) is 8.49. The zero-order valence-corrected chi connectivity index (χ0v) is 17.2. The quantitative estimate of drug-likeness (QED) is 0.665. The van der Waals surface area contributed by atoms with E-state index in [2.05, 4.69) is 42.7 Å². The summed E-state index contributed by atoms with van der Waals surface area (Å²) in [6, 6.07) is 9.03. The minimum atomic E-state index is -0.443. The molecule has 0 saturated heterocycles. The average molecular weight is 470 g/mol. The predicted molar refractivity (Wildman–Crippen MR) is 104 cm³/mol. The summed E-state index contributed by atoms with van der Waals surface area (Å²) in [4.78, 5) is 23.9. The third kappa shape index (κ3) is 5.31. The number of amides is 2. The molecule has 0 atom stereocenters. The van der Waals surface area contributed by atoms with Crippen LogP contribution in [-0.2, 0) is 4.79 Å². The number of hydrogen-bond acceptors (Lipinski definition) is 3. The van der Waals surface area contributed by atoms with Crippen LogP contribution in [-0.4, -0.2) is 18.4 Å². The second-order valence-corrected chi connectivity index (χ2v) is 7.39. The van der Waals surface area contributed by atoms with Crippen molar-refractivity contribution < 1.29 is 14.3 Å². The van der Waals surface area contributed by atoms with Crippen molar-refractivity contribution in [3.8, 4) is 5.75 Å². The van der Waals surface area contributed by atoms with Crippen LogP contribution in [0.3, 0.4) is 0 Å². The summed E-state index contributed by atoms with van der Waals surface area (Å²) >= 11 is 6.79. The van der Waals surface area contributed by atoms with E-state index in [1.54, 1.807) is 12.1 Å². The molecule has 0 saturated carbocycles. The van der Waals surface area contributed by atoms with Crippen LogP contribution in [0.25, 0.3) is 0 Å². The van der Waals surface area contributed by atoms with Gasteiger partial charge in [-0.3, -0.25) is 20.4 Å². The Morgan fingerprint density at radius 2 is 1.60 bits per heavy atom. The Bertz CT molecular complexity index is 799. The number of hydrazine groups is 1. The van der Waals surface area contributed by atoms with Gasteiger partial charge in [-0.2, -0.15) is 0 Å². The van der Waals surface area contributed by atoms with E-state index in [-0.39, 0.29) is 6.61 Å². The first-order valence-corrected chi connectivity index (χ1v) is 9.11. The lowest BCUT2D eigenvalue weighted by Crippen LogP contribution is -2.43. The van der Waals surface area contributed by atoms with Gasteiger partial charge < -0.3 is 4.74 Å². The van der Waals surface area contributed by atoms with E-state index in [0.717, 1.165) is 25.6 Å². The summed E-state index contributed by atoms with van der Waals surface area (Å²) in [5.41, 5.74) is 8.03. The first-order chi connectivity index (χ1) is 11.8. The fourth-order valence-corrected chi connectivity index (χ4v) is 3.30. The van der Waals surface area contributed by atoms with Crippen LogP contribution in [0.5, 0.6) is 5.75 Å². The van der Waals surface area contributed by atoms with Crippen molar-refractivity contribution >= 4 is 43.7 Å². The van der Waals surface area contributed by atoms with Crippen LogP contribution in [0.2, 0.25) is 0 Å². The number of rotatable bonds is 4. The van der Waals surface area contributed by atoms with E-state index in [1.807, 2.05) is 39.0 Å². The molecular weight excluding hydrogens is 452 g/mol. The van der Waals surface area contributed by atoms with Gasteiger partial charge in [0.2, 0.25) is 0 Å². The third-order valence-electron chi connectivity index (χ3n) is 3.52. The number of nitrogens with one attached hydrogen (secondary N) is 2. The summed E-state index contributed by atoms with van der Waals surface area (Å²) in [7, 11) is 0. The van der Waals surface area contributed by atoms with E-state index in [9.17, 15) is 9.59 Å². The number of aryl methyl sites for hydroxylation is 3. The smallest absolute Gasteiger partial charge is 0.276 e. The van der Waals surface area contributed by atoms with Gasteiger partial charge in [0.1, 0.15) is 5.75 Å². The standard InChI is InChI=1S/C18H18Br2N2O3/c1-10-4-5-13(8-15(10)20)18(24)22-21-16(23)9-25-17-11(2)6-14(19)7-12(17)3/h4-8H,9H2,1-3H3,(H,21,23)(H,22,24). The number of benzene rings is 2. The largest absolute Gasteiger partial charge is 0.483 e. The summed E-state index contributed by atoms with van der Waals surface area (Å²) < 4.78 is 7.35. The molecule has 2 aromatic rings. The Hall–Kier alpha value is -1.86. The molecule has 0 aliphatic rings. The lowest BCUT2D eigenvalue weighted by molar-refractivity contribution is -0.123. The zero-order valence-electron chi connectivity index (χ0n) is 14.1. The second-order valence-electron chi connectivity index (χ2n) is 5.62. The molecule has 7 heteroatoms. The molecule has 0 aliphatic carbocycles. The lowest BCUT2D eigenvalue weighted by Gasteiger charge is -2.13. The topological polar surface area (TPSA) is 67.4 Å². The SMILES string of the molecule is Cc1ccc(C(=O)NNC(=O)COc2c(C)cc(Br)cc2C)cc1Br. The molecule has 132 valence electrons. The molecule has 0 radical (unpaired) electrons. The Morgan fingerprint density at radius 3 is 2.20 bits per heavy atom. The molecule has 0 heterocycles. The first kappa shape index (κ1) is 19.5. The van der Waals surface area contributed by atoms with Gasteiger partial charge in [0.15, 0.2) is 6.61 Å². The van der Waals surface area contributed by atoms with Crippen molar-refractivity contribution in [3.63, 3.8) is 0 Å². The number of halogens is 2. The van der Waals surface area contributed by atoms with Gasteiger partial charge in [-0.1, -0.05) is 37.9 Å². The highest BCUT2D eigenvalue weighted by molar-refractivity contribution is 9.10. The minimum Gasteiger partial charge on any atom is -0.483 e. The molecule has 0 aliphatic heterocycles. The number of ether oxygens (including phenoxy) is 1. The molecule has 2 amide bonds. The Morgan fingerprint density at radius 1 is 0.960 bits per heavy atom. The summed E-state index contributed by atoms with van der Waals surface area (Å²) in [6.45, 7) is 5.54. The average Bonchev–Trinajstić information content (AvgIpc) is 2.54. The molecular formula is C18H18Br2N2O3. The van der Waals surface area contributed by atoms with E-state index in [4.69, 9.17) is 4.74 Å². The number of carbonyl (C=O) groups excluding carboxylic acids is 2. The highest BCUT2D eigenvalue weighted by atomic mass is 79.9. The van der Waals surface area contributed by atoms with Crippen LogP contribution < -0.4 is 15.6 Å². The van der Waals surface area contributed by atoms with Crippen LogP contribution in [0, 0.1) is 20.8 Å². The maximum absolute atomic E-state index is 12.0. The van der Waals surface area contributed by atoms with Crippen LogP contribution >= 0.6 is 31.9 Å². The van der Waals surface area contributed by atoms with Crippen LogP contribution in [0.4, 0.5) is 0 Å². The summed E-state index contributed by atoms with van der Waals surface area (Å²) in [5.74, 6) is -0.182. The van der Waals surface area contributed by atoms with E-state index < -0.39 is 11.8 Å². The molecule has 0 aromatic heterocycles. The molecule has 0 bridgehead atoms. The third-order valence-corrected chi connectivity index (χ3v) is 4.83. The van der Waals surface area contributed by atoms with Crippen molar-refractivity contribution in [1.82, 2.24) is 10.9 Å². The monoisotopic (exact) mass is 468 g/mol. The van der Waals surface area contributed by atoms with Gasteiger partial charge in [0, 0.05) is 14.5 Å². The Kier molecular flexibility index (Phi) is 6.61. The van der Waals surface area contributed by atoms with Gasteiger partial charge >= 0.3 is 0 Å². The van der Waals surface area contributed by atoms with E-state index >= 15 is 0 Å². The van der Waals surface area contributed by atoms with Crippen molar-refractivity contribution in [2.24, 2.45) is 0 Å². The molecule has 2 rings (SSSR count). The fraction of sp³-hybridized carbons (Fsp3) is 0.222. The van der Waals surface area contributed by atoms with Gasteiger partial charge in [-0.25, -0.2) is 0 Å². The maximum Gasteiger partial charge on any atom is 0.276 e. The molecule has 0 fully saturated rings. The lowest BCUT2D eigenvalue weighted by atomic mass is 10.1. The van der Waals surface area contributed by atoms with E-state index in [0.29, 0.717) is 11.3 Å². The Balaban J connectivity index is 1.88. The highest BCUT2D eigenvalue weighted by Crippen LogP contribution is 2.27. The van der Waals surface area contributed by atoms with Crippen molar-refractivity contribution in [2.75, 3.05) is 6.61 Å². The summed E-state index contributed by atoms with van der Waals surface area (Å²) in [5, 5.41) is 0. The molecule has 0 spiro atoms. The van der Waals surface area contributed by atoms with Crippen molar-refractivity contribution in [3.05, 3.63) is 61.5 Å². The van der Waals surface area contributed by atoms with E-state index in [1.165, 1.54) is 0 Å². The van der Waals surface area contributed by atoms with Gasteiger partial charge in [-0.15, -0.1) is 0 Å². The van der Waals surface area contributed by atoms with Gasteiger partial charge in [-0.05, 0) is 61.7 Å². The zero-order chi connectivity index (χ0) is 18.6. The fourth-order valence-electron chi connectivity index (χ4n) is 2.23. The minimum absolute atomic E-state index is 0.193. The van der Waals surface area contributed by atoms with Crippen LogP contribution in [0.1, 0.15) is 27.0 Å². The Labute approximate surface area is 163 Å². The van der Waals surface area contributed by atoms with Crippen molar-refractivity contribution in [2.45, 2.75) is 20.8 Å². The summed E-state index contributed by atoms with van der Waals surface area (Å²) in [6.07, 6.45) is 0. The van der Waals surface area contributed by atoms with Gasteiger partial charge in [0.05, 0.1) is 0 Å². The molecule has 5 nitrogen and oxygen atoms in total. The van der Waals surface area contributed by atoms with Crippen molar-refractivity contribution in [1.29, 1.82) is 0 Å². The highest BCUT2D eigenvalue weighted by Gasteiger charge is 2.11. The first-order valence-electron chi connectivity index (χ1n) is 7.53. The molecule has 0 unspecified atom stereocenters. The number of hydrogen-bond donors (Lipinski definition) is 2. The normalized spacial score (nSPS) is 10.3.